The zero-order chi connectivity index (χ0) is 27.8. The summed E-state index contributed by atoms with van der Waals surface area (Å²) in [4.78, 5) is 60.5. The Hall–Kier alpha value is -4.01. The van der Waals surface area contributed by atoms with Gasteiger partial charge in [0.25, 0.3) is 0 Å². The maximum atomic E-state index is 12.6. The van der Waals surface area contributed by atoms with Crippen LogP contribution < -0.4 is 10.6 Å². The summed E-state index contributed by atoms with van der Waals surface area (Å²) in [6.45, 7) is 5.82. The van der Waals surface area contributed by atoms with Gasteiger partial charge in [-0.3, -0.25) is 24.0 Å². The Labute approximate surface area is 222 Å². The largest absolute Gasteiger partial charge is 0.465 e. The predicted molar refractivity (Wildman–Crippen MR) is 140 cm³/mol. The molecule has 9 heteroatoms. The van der Waals surface area contributed by atoms with Crippen molar-refractivity contribution >= 4 is 29.5 Å². The number of amides is 2. The maximum Gasteiger partial charge on any atom is 0.306 e. The van der Waals surface area contributed by atoms with Gasteiger partial charge in [-0.1, -0.05) is 62.4 Å². The number of carbonyl (C=O) groups excluding carboxylic acids is 5. The number of nitrogens with one attached hydrogen (secondary N) is 2. The van der Waals surface area contributed by atoms with Gasteiger partial charge in [-0.2, -0.15) is 0 Å². The molecule has 38 heavy (non-hydrogen) atoms. The number of hydrogen-bond donors (Lipinski definition) is 2. The fourth-order valence-electron chi connectivity index (χ4n) is 4.41. The van der Waals surface area contributed by atoms with Gasteiger partial charge in [-0.15, -0.1) is 0 Å². The molecule has 3 atom stereocenters. The van der Waals surface area contributed by atoms with Crippen molar-refractivity contribution in [2.75, 3.05) is 13.3 Å². The van der Waals surface area contributed by atoms with Crippen LogP contribution in [0.15, 0.2) is 48.5 Å². The van der Waals surface area contributed by atoms with Gasteiger partial charge >= 0.3 is 11.9 Å². The topological polar surface area (TPSA) is 128 Å². The molecule has 3 rings (SSSR count). The van der Waals surface area contributed by atoms with Crippen LogP contribution in [0, 0.1) is 11.8 Å². The van der Waals surface area contributed by atoms with E-state index in [0.29, 0.717) is 0 Å². The standard InChI is InChI=1S/C29H34N2O7/c1-17(28(35)30-16-38-20(4)32)13-26(33)19(3)31-29(36)18(2)14-27(34)37-15-25-23-11-7-5-9-21(23)22-10-6-8-12-24(22)25/h5-12,17-19,25H,13-16H2,1-4H3,(H,30,35)(H,31,36)/t17-,18-,19-/m1/s1. The van der Waals surface area contributed by atoms with Gasteiger partial charge < -0.3 is 20.1 Å². The van der Waals surface area contributed by atoms with Crippen molar-refractivity contribution in [3.8, 4) is 11.1 Å². The van der Waals surface area contributed by atoms with Crippen molar-refractivity contribution in [3.05, 3.63) is 59.7 Å². The molecule has 0 saturated carbocycles. The molecule has 0 spiro atoms. The lowest BCUT2D eigenvalue weighted by Gasteiger charge is -2.19. The summed E-state index contributed by atoms with van der Waals surface area (Å²) in [5, 5.41) is 5.02. The average molecular weight is 523 g/mol. The Balaban J connectivity index is 1.45. The average Bonchev–Trinajstić information content (AvgIpc) is 3.20. The van der Waals surface area contributed by atoms with Crippen molar-refractivity contribution in [2.24, 2.45) is 11.8 Å². The lowest BCUT2D eigenvalue weighted by Crippen LogP contribution is -2.43. The van der Waals surface area contributed by atoms with Crippen molar-refractivity contribution < 1.29 is 33.4 Å². The smallest absolute Gasteiger partial charge is 0.306 e. The van der Waals surface area contributed by atoms with Crippen molar-refractivity contribution in [2.45, 2.75) is 52.5 Å². The van der Waals surface area contributed by atoms with Gasteiger partial charge in [0.15, 0.2) is 12.5 Å². The number of esters is 2. The first-order chi connectivity index (χ1) is 18.1. The number of fused-ring (bicyclic) bond motifs is 3. The molecular weight excluding hydrogens is 488 g/mol. The van der Waals surface area contributed by atoms with E-state index in [9.17, 15) is 24.0 Å². The maximum absolute atomic E-state index is 12.6. The highest BCUT2D eigenvalue weighted by molar-refractivity contribution is 5.93. The molecule has 1 aliphatic rings. The van der Waals surface area contributed by atoms with Crippen LogP contribution in [0.5, 0.6) is 0 Å². The van der Waals surface area contributed by atoms with E-state index in [2.05, 4.69) is 27.5 Å². The van der Waals surface area contributed by atoms with E-state index in [1.807, 2.05) is 36.4 Å². The Bertz CT molecular complexity index is 1160. The molecule has 9 nitrogen and oxygen atoms in total. The highest BCUT2D eigenvalue weighted by atomic mass is 16.5. The van der Waals surface area contributed by atoms with Crippen LogP contribution in [0.3, 0.4) is 0 Å². The van der Waals surface area contributed by atoms with Crippen LogP contribution in [0.25, 0.3) is 11.1 Å². The monoisotopic (exact) mass is 522 g/mol. The second kappa shape index (κ2) is 13.0. The van der Waals surface area contributed by atoms with Crippen LogP contribution in [0.1, 0.15) is 57.6 Å². The van der Waals surface area contributed by atoms with E-state index >= 15 is 0 Å². The van der Waals surface area contributed by atoms with Crippen LogP contribution in [-0.4, -0.2) is 48.9 Å². The van der Waals surface area contributed by atoms with E-state index in [1.165, 1.54) is 13.8 Å². The number of Topliss-reactive ketones (excluding diaryl/α,β-unsaturated/α-hetero) is 1. The van der Waals surface area contributed by atoms with E-state index in [4.69, 9.17) is 4.74 Å². The lowest BCUT2D eigenvalue weighted by molar-refractivity contribution is -0.147. The minimum atomic E-state index is -0.837. The molecule has 0 fully saturated rings. The van der Waals surface area contributed by atoms with E-state index in [-0.39, 0.29) is 37.9 Å². The molecule has 2 aromatic rings. The highest BCUT2D eigenvalue weighted by Crippen LogP contribution is 2.44. The van der Waals surface area contributed by atoms with Crippen LogP contribution in [0.4, 0.5) is 0 Å². The summed E-state index contributed by atoms with van der Waals surface area (Å²) in [6, 6.07) is 15.2. The van der Waals surface area contributed by atoms with E-state index in [0.717, 1.165) is 22.3 Å². The van der Waals surface area contributed by atoms with Gasteiger partial charge in [-0.25, -0.2) is 0 Å². The number of benzene rings is 2. The van der Waals surface area contributed by atoms with Gasteiger partial charge in [0, 0.05) is 31.1 Å². The third kappa shape index (κ3) is 7.27. The first-order valence-electron chi connectivity index (χ1n) is 12.7. The molecule has 0 aromatic heterocycles. The fourth-order valence-corrected chi connectivity index (χ4v) is 4.41. The Morgan fingerprint density at radius 3 is 1.92 bits per heavy atom. The van der Waals surface area contributed by atoms with E-state index < -0.39 is 41.6 Å². The number of ether oxygens (including phenoxy) is 2. The first-order valence-corrected chi connectivity index (χ1v) is 12.7. The Morgan fingerprint density at radius 1 is 0.789 bits per heavy atom. The van der Waals surface area contributed by atoms with Crippen LogP contribution in [0.2, 0.25) is 0 Å². The molecule has 202 valence electrons. The van der Waals surface area contributed by atoms with Gasteiger partial charge in [0.2, 0.25) is 11.8 Å². The molecule has 0 bridgehead atoms. The van der Waals surface area contributed by atoms with Crippen LogP contribution in [-0.2, 0) is 33.4 Å². The van der Waals surface area contributed by atoms with E-state index in [1.54, 1.807) is 13.8 Å². The summed E-state index contributed by atoms with van der Waals surface area (Å²) in [6.07, 6.45) is -0.230. The highest BCUT2D eigenvalue weighted by Gasteiger charge is 2.30. The Kier molecular flexibility index (Phi) is 9.76. The van der Waals surface area contributed by atoms with Crippen molar-refractivity contribution in [1.29, 1.82) is 0 Å². The fraction of sp³-hybridized carbons (Fsp3) is 0.414. The molecule has 0 saturated heterocycles. The molecule has 0 aliphatic heterocycles. The van der Waals surface area contributed by atoms with Gasteiger partial charge in [0.1, 0.15) is 6.61 Å². The summed E-state index contributed by atoms with van der Waals surface area (Å²) in [5.41, 5.74) is 4.47. The Morgan fingerprint density at radius 2 is 1.34 bits per heavy atom. The summed E-state index contributed by atoms with van der Waals surface area (Å²) in [5.74, 6) is -3.69. The molecule has 1 aliphatic carbocycles. The quantitative estimate of drug-likeness (QED) is 0.324. The zero-order valence-electron chi connectivity index (χ0n) is 22.1. The third-order valence-electron chi connectivity index (χ3n) is 6.61. The number of hydrogen-bond acceptors (Lipinski definition) is 7. The summed E-state index contributed by atoms with van der Waals surface area (Å²) >= 11 is 0. The molecule has 0 unspecified atom stereocenters. The normalized spacial score (nSPS) is 14.3. The molecule has 0 radical (unpaired) electrons. The molecule has 0 heterocycles. The summed E-state index contributed by atoms with van der Waals surface area (Å²) in [7, 11) is 0. The second-order valence-electron chi connectivity index (χ2n) is 9.64. The molecule has 2 amide bonds. The minimum absolute atomic E-state index is 0.0682. The summed E-state index contributed by atoms with van der Waals surface area (Å²) < 4.78 is 10.2. The van der Waals surface area contributed by atoms with Crippen molar-refractivity contribution in [1.82, 2.24) is 10.6 Å². The molecule has 2 aromatic carbocycles. The minimum Gasteiger partial charge on any atom is -0.465 e. The van der Waals surface area contributed by atoms with Crippen LogP contribution >= 0.6 is 0 Å². The SMILES string of the molecule is CC(=O)OCNC(=O)[C@H](C)CC(=O)[C@@H](C)NC(=O)[C@H](C)CC(=O)OCC1c2ccccc2-c2ccccc21. The van der Waals surface area contributed by atoms with Gasteiger partial charge in [0.05, 0.1) is 12.5 Å². The number of rotatable bonds is 12. The zero-order valence-corrected chi connectivity index (χ0v) is 22.1. The first kappa shape index (κ1) is 28.6. The molecular formula is C29H34N2O7. The van der Waals surface area contributed by atoms with Gasteiger partial charge in [-0.05, 0) is 29.2 Å². The second-order valence-corrected chi connectivity index (χ2v) is 9.64. The lowest BCUT2D eigenvalue weighted by atomic mass is 9.98. The predicted octanol–water partition coefficient (Wildman–Crippen LogP) is 3.11. The number of carbonyl (C=O) groups is 5. The molecule has 2 N–H and O–H groups in total. The van der Waals surface area contributed by atoms with Crippen molar-refractivity contribution in [3.63, 3.8) is 0 Å². The number of ketones is 1. The third-order valence-corrected chi connectivity index (χ3v) is 6.61.